The lowest BCUT2D eigenvalue weighted by molar-refractivity contribution is -0.146. The molecule has 2 heteroatoms. The van der Waals surface area contributed by atoms with Crippen LogP contribution in [0.4, 0.5) is 0 Å². The highest BCUT2D eigenvalue weighted by atomic mass is 16.1. The summed E-state index contributed by atoms with van der Waals surface area (Å²) in [6, 6.07) is 2.28. The van der Waals surface area contributed by atoms with E-state index in [1.165, 1.54) is 19.3 Å². The van der Waals surface area contributed by atoms with Crippen LogP contribution in [-0.4, -0.2) is 5.78 Å². The SMILES string of the molecule is CCCC(C#N)C(=O)C12CC3CC(CC(C3)C1)C2. The van der Waals surface area contributed by atoms with Gasteiger partial charge >= 0.3 is 0 Å². The lowest BCUT2D eigenvalue weighted by atomic mass is 9.47. The lowest BCUT2D eigenvalue weighted by Crippen LogP contribution is -2.51. The summed E-state index contributed by atoms with van der Waals surface area (Å²) in [6.07, 6.45) is 9.07. The average Bonchev–Trinajstić information content (AvgIpc) is 2.33. The predicted molar refractivity (Wildman–Crippen MR) is 69.6 cm³/mol. The standard InChI is InChI=1S/C16H23NO/c1-2-3-14(10-17)15(18)16-7-11-4-12(8-16)6-13(5-11)9-16/h11-14H,2-9H2,1H3. The quantitative estimate of drug-likeness (QED) is 0.757. The smallest absolute Gasteiger partial charge is 0.156 e. The van der Waals surface area contributed by atoms with Gasteiger partial charge in [-0.05, 0) is 62.7 Å². The van der Waals surface area contributed by atoms with Gasteiger partial charge in [0, 0.05) is 5.41 Å². The summed E-state index contributed by atoms with van der Waals surface area (Å²) in [5, 5.41) is 9.26. The van der Waals surface area contributed by atoms with Crippen LogP contribution in [0, 0.1) is 40.4 Å². The molecule has 1 atom stereocenters. The van der Waals surface area contributed by atoms with Gasteiger partial charge < -0.3 is 0 Å². The van der Waals surface area contributed by atoms with E-state index in [0.717, 1.165) is 49.9 Å². The zero-order valence-electron chi connectivity index (χ0n) is 11.3. The average molecular weight is 245 g/mol. The molecule has 0 spiro atoms. The predicted octanol–water partition coefficient (Wildman–Crippen LogP) is 3.71. The minimum Gasteiger partial charge on any atom is -0.298 e. The van der Waals surface area contributed by atoms with E-state index < -0.39 is 0 Å². The molecular weight excluding hydrogens is 222 g/mol. The minimum atomic E-state index is -0.328. The van der Waals surface area contributed by atoms with Gasteiger partial charge in [-0.15, -0.1) is 0 Å². The first-order valence-corrected chi connectivity index (χ1v) is 7.61. The molecule has 4 aliphatic carbocycles. The number of hydrogen-bond acceptors (Lipinski definition) is 2. The Morgan fingerprint density at radius 2 is 1.72 bits per heavy atom. The first-order chi connectivity index (χ1) is 8.66. The Morgan fingerprint density at radius 1 is 1.22 bits per heavy atom. The molecule has 0 amide bonds. The van der Waals surface area contributed by atoms with Gasteiger partial charge in [0.15, 0.2) is 5.78 Å². The van der Waals surface area contributed by atoms with Crippen molar-refractivity contribution in [1.29, 1.82) is 5.26 Å². The molecule has 1 unspecified atom stereocenters. The van der Waals surface area contributed by atoms with Crippen LogP contribution in [0.5, 0.6) is 0 Å². The summed E-state index contributed by atoms with van der Waals surface area (Å²) in [5.41, 5.74) is -0.0791. The molecule has 4 fully saturated rings. The maximum Gasteiger partial charge on any atom is 0.156 e. The van der Waals surface area contributed by atoms with Crippen molar-refractivity contribution >= 4 is 5.78 Å². The Labute approximate surface area is 110 Å². The van der Waals surface area contributed by atoms with Crippen LogP contribution < -0.4 is 0 Å². The third-order valence-electron chi connectivity index (χ3n) is 5.61. The maximum atomic E-state index is 12.8. The molecule has 0 N–H and O–H groups in total. The zero-order valence-corrected chi connectivity index (χ0v) is 11.3. The summed E-state index contributed by atoms with van der Waals surface area (Å²) in [6.45, 7) is 2.07. The molecule has 0 saturated heterocycles. The Kier molecular flexibility index (Phi) is 2.96. The van der Waals surface area contributed by atoms with Crippen molar-refractivity contribution in [2.24, 2.45) is 29.1 Å². The van der Waals surface area contributed by atoms with Gasteiger partial charge in [0.25, 0.3) is 0 Å². The van der Waals surface area contributed by atoms with Crippen LogP contribution in [-0.2, 0) is 4.79 Å². The number of hydrogen-bond donors (Lipinski definition) is 0. The summed E-state index contributed by atoms with van der Waals surface area (Å²) >= 11 is 0. The number of nitriles is 1. The Bertz CT molecular complexity index is 357. The molecular formula is C16H23NO. The monoisotopic (exact) mass is 245 g/mol. The zero-order chi connectivity index (χ0) is 12.8. The van der Waals surface area contributed by atoms with Crippen LogP contribution in [0.25, 0.3) is 0 Å². The number of rotatable bonds is 4. The van der Waals surface area contributed by atoms with Crippen molar-refractivity contribution in [2.45, 2.75) is 58.3 Å². The van der Waals surface area contributed by atoms with E-state index >= 15 is 0 Å². The molecule has 4 saturated carbocycles. The van der Waals surface area contributed by atoms with E-state index in [4.69, 9.17) is 0 Å². The molecule has 0 aromatic heterocycles. The number of ketones is 1. The van der Waals surface area contributed by atoms with Crippen LogP contribution in [0.3, 0.4) is 0 Å². The van der Waals surface area contributed by atoms with Gasteiger partial charge in [-0.1, -0.05) is 13.3 Å². The van der Waals surface area contributed by atoms with Gasteiger partial charge in [-0.3, -0.25) is 4.79 Å². The number of nitrogens with zero attached hydrogens (tertiary/aromatic N) is 1. The van der Waals surface area contributed by atoms with Crippen LogP contribution in [0.1, 0.15) is 58.3 Å². The Morgan fingerprint density at radius 3 is 2.11 bits per heavy atom. The molecule has 4 rings (SSSR count). The fraction of sp³-hybridized carbons (Fsp3) is 0.875. The normalized spacial score (nSPS) is 42.6. The Balaban J connectivity index is 1.82. The van der Waals surface area contributed by atoms with Crippen molar-refractivity contribution in [2.75, 3.05) is 0 Å². The van der Waals surface area contributed by atoms with E-state index in [2.05, 4.69) is 13.0 Å². The van der Waals surface area contributed by atoms with E-state index in [1.807, 2.05) is 0 Å². The van der Waals surface area contributed by atoms with Gasteiger partial charge in [0.05, 0.1) is 6.07 Å². The van der Waals surface area contributed by atoms with E-state index in [0.29, 0.717) is 5.78 Å². The number of carbonyl (C=O) groups excluding carboxylic acids is 1. The van der Waals surface area contributed by atoms with Gasteiger partial charge in [0.1, 0.15) is 5.92 Å². The third-order valence-corrected chi connectivity index (χ3v) is 5.61. The summed E-state index contributed by atoms with van der Waals surface area (Å²) in [7, 11) is 0. The fourth-order valence-corrected chi connectivity index (χ4v) is 5.32. The van der Waals surface area contributed by atoms with Crippen LogP contribution in [0.2, 0.25) is 0 Å². The molecule has 0 heterocycles. The third kappa shape index (κ3) is 1.79. The van der Waals surface area contributed by atoms with Gasteiger partial charge in [-0.25, -0.2) is 0 Å². The first-order valence-electron chi connectivity index (χ1n) is 7.61. The molecule has 2 nitrogen and oxygen atoms in total. The molecule has 0 radical (unpaired) electrons. The molecule has 18 heavy (non-hydrogen) atoms. The van der Waals surface area contributed by atoms with Crippen molar-refractivity contribution < 1.29 is 4.79 Å². The highest BCUT2D eigenvalue weighted by Crippen LogP contribution is 2.61. The fourth-order valence-electron chi connectivity index (χ4n) is 5.32. The maximum absolute atomic E-state index is 12.8. The second-order valence-electron chi connectivity index (χ2n) is 7.03. The highest BCUT2D eigenvalue weighted by molar-refractivity contribution is 5.89. The van der Waals surface area contributed by atoms with E-state index in [1.54, 1.807) is 0 Å². The molecule has 0 aromatic carbocycles. The Hall–Kier alpha value is -0.840. The van der Waals surface area contributed by atoms with E-state index in [9.17, 15) is 10.1 Å². The largest absolute Gasteiger partial charge is 0.298 e. The minimum absolute atomic E-state index is 0.0791. The molecule has 98 valence electrons. The number of carbonyl (C=O) groups is 1. The number of Topliss-reactive ketones (excluding diaryl/α,β-unsaturated/α-hetero) is 1. The van der Waals surface area contributed by atoms with Crippen molar-refractivity contribution in [3.63, 3.8) is 0 Å². The van der Waals surface area contributed by atoms with Crippen molar-refractivity contribution in [1.82, 2.24) is 0 Å². The van der Waals surface area contributed by atoms with Gasteiger partial charge in [0.2, 0.25) is 0 Å². The lowest BCUT2D eigenvalue weighted by Gasteiger charge is -2.56. The molecule has 0 aliphatic heterocycles. The van der Waals surface area contributed by atoms with Crippen LogP contribution >= 0.6 is 0 Å². The summed E-state index contributed by atoms with van der Waals surface area (Å²) < 4.78 is 0. The second-order valence-corrected chi connectivity index (χ2v) is 7.03. The topological polar surface area (TPSA) is 40.9 Å². The molecule has 4 aliphatic rings. The molecule has 4 bridgehead atoms. The van der Waals surface area contributed by atoms with E-state index in [-0.39, 0.29) is 11.3 Å². The van der Waals surface area contributed by atoms with Crippen molar-refractivity contribution in [3.8, 4) is 6.07 Å². The summed E-state index contributed by atoms with van der Waals surface area (Å²) in [5.74, 6) is 2.36. The molecule has 0 aromatic rings. The van der Waals surface area contributed by atoms with Gasteiger partial charge in [-0.2, -0.15) is 5.26 Å². The summed E-state index contributed by atoms with van der Waals surface area (Å²) in [4.78, 5) is 12.8. The van der Waals surface area contributed by atoms with Crippen LogP contribution in [0.15, 0.2) is 0 Å². The second kappa shape index (κ2) is 4.37. The highest BCUT2D eigenvalue weighted by Gasteiger charge is 2.55. The first kappa shape index (κ1) is 12.2. The van der Waals surface area contributed by atoms with Crippen molar-refractivity contribution in [3.05, 3.63) is 0 Å².